The molecular formula is C17H19N5O2S. The van der Waals surface area contributed by atoms with E-state index >= 15 is 0 Å². The molecule has 2 N–H and O–H groups in total. The summed E-state index contributed by atoms with van der Waals surface area (Å²) in [5.41, 5.74) is 1.68. The van der Waals surface area contributed by atoms with Crippen molar-refractivity contribution in [3.05, 3.63) is 58.0 Å². The molecule has 0 saturated carbocycles. The molecule has 8 heteroatoms. The van der Waals surface area contributed by atoms with Gasteiger partial charge in [-0.1, -0.05) is 19.0 Å². The Morgan fingerprint density at radius 2 is 2.16 bits per heavy atom. The quantitative estimate of drug-likeness (QED) is 0.674. The Morgan fingerprint density at radius 1 is 1.28 bits per heavy atom. The minimum absolute atomic E-state index is 0.162. The molecule has 3 heterocycles. The number of thiophene rings is 1. The average molecular weight is 357 g/mol. The van der Waals surface area contributed by atoms with E-state index in [4.69, 9.17) is 4.52 Å². The van der Waals surface area contributed by atoms with Gasteiger partial charge >= 0.3 is 0 Å². The van der Waals surface area contributed by atoms with Crippen molar-refractivity contribution in [1.82, 2.24) is 20.4 Å². The average Bonchev–Trinajstić information content (AvgIpc) is 3.30. The maximum absolute atomic E-state index is 12.2. The summed E-state index contributed by atoms with van der Waals surface area (Å²) in [6, 6.07) is 5.57. The lowest BCUT2D eigenvalue weighted by atomic mass is 10.2. The smallest absolute Gasteiger partial charge is 0.253 e. The summed E-state index contributed by atoms with van der Waals surface area (Å²) in [5, 5.41) is 13.9. The van der Waals surface area contributed by atoms with Crippen molar-refractivity contribution in [3.8, 4) is 0 Å². The molecule has 0 aliphatic rings. The van der Waals surface area contributed by atoms with Crippen LogP contribution in [0.2, 0.25) is 0 Å². The Labute approximate surface area is 149 Å². The standard InChI is InChI=1S/C17H19N5O2S/c1-11(2)17-21-15(22-24-17)9-20-16(23)13-3-4-14(19-8-13)18-7-12-5-6-25-10-12/h3-6,8,10-11H,7,9H2,1-2H3,(H,18,19)(H,20,23). The summed E-state index contributed by atoms with van der Waals surface area (Å²) in [4.78, 5) is 20.6. The van der Waals surface area contributed by atoms with Crippen molar-refractivity contribution in [2.24, 2.45) is 0 Å². The van der Waals surface area contributed by atoms with Crippen LogP contribution in [0.4, 0.5) is 5.82 Å². The number of pyridine rings is 1. The number of carbonyl (C=O) groups is 1. The first-order valence-corrected chi connectivity index (χ1v) is 8.88. The van der Waals surface area contributed by atoms with Crippen LogP contribution in [0.5, 0.6) is 0 Å². The number of hydrogen-bond acceptors (Lipinski definition) is 7. The molecule has 0 aromatic carbocycles. The second kappa shape index (κ2) is 7.89. The Morgan fingerprint density at radius 3 is 2.80 bits per heavy atom. The molecule has 0 unspecified atom stereocenters. The predicted molar refractivity (Wildman–Crippen MR) is 95.4 cm³/mol. The zero-order chi connectivity index (χ0) is 17.6. The van der Waals surface area contributed by atoms with Crippen LogP contribution in [0.15, 0.2) is 39.7 Å². The van der Waals surface area contributed by atoms with Gasteiger partial charge in [-0.3, -0.25) is 4.79 Å². The van der Waals surface area contributed by atoms with E-state index in [1.54, 1.807) is 29.7 Å². The summed E-state index contributed by atoms with van der Waals surface area (Å²) in [6.45, 7) is 4.86. The molecule has 130 valence electrons. The molecule has 0 aliphatic carbocycles. The monoisotopic (exact) mass is 357 g/mol. The van der Waals surface area contributed by atoms with E-state index in [1.165, 1.54) is 5.56 Å². The van der Waals surface area contributed by atoms with Crippen LogP contribution in [0.1, 0.15) is 47.4 Å². The van der Waals surface area contributed by atoms with Gasteiger partial charge in [0, 0.05) is 18.7 Å². The van der Waals surface area contributed by atoms with Gasteiger partial charge in [0.2, 0.25) is 5.89 Å². The second-order valence-electron chi connectivity index (χ2n) is 5.80. The molecule has 3 aromatic heterocycles. The largest absolute Gasteiger partial charge is 0.366 e. The Hall–Kier alpha value is -2.74. The van der Waals surface area contributed by atoms with Crippen molar-refractivity contribution in [2.45, 2.75) is 32.9 Å². The number of nitrogens with one attached hydrogen (secondary N) is 2. The van der Waals surface area contributed by atoms with Crippen molar-refractivity contribution in [3.63, 3.8) is 0 Å². The predicted octanol–water partition coefficient (Wildman–Crippen LogP) is 3.19. The highest BCUT2D eigenvalue weighted by molar-refractivity contribution is 7.07. The van der Waals surface area contributed by atoms with Gasteiger partial charge in [-0.25, -0.2) is 4.98 Å². The number of hydrogen-bond donors (Lipinski definition) is 2. The fourth-order valence-electron chi connectivity index (χ4n) is 2.05. The molecule has 0 atom stereocenters. The molecule has 0 aliphatic heterocycles. The lowest BCUT2D eigenvalue weighted by Crippen LogP contribution is -2.23. The van der Waals surface area contributed by atoms with Gasteiger partial charge < -0.3 is 15.2 Å². The minimum atomic E-state index is -0.229. The highest BCUT2D eigenvalue weighted by Crippen LogP contribution is 2.12. The molecular weight excluding hydrogens is 338 g/mol. The maximum Gasteiger partial charge on any atom is 0.253 e. The third-order valence-electron chi connectivity index (χ3n) is 3.46. The SMILES string of the molecule is CC(C)c1nc(CNC(=O)c2ccc(NCc3ccsc3)nc2)no1. The number of aromatic nitrogens is 3. The molecule has 3 aromatic rings. The summed E-state index contributed by atoms with van der Waals surface area (Å²) >= 11 is 1.66. The number of carbonyl (C=O) groups excluding carboxylic acids is 1. The van der Waals surface area contributed by atoms with E-state index in [0.29, 0.717) is 23.8 Å². The van der Waals surface area contributed by atoms with Gasteiger partial charge in [-0.2, -0.15) is 16.3 Å². The van der Waals surface area contributed by atoms with Crippen molar-refractivity contribution < 1.29 is 9.32 Å². The Balaban J connectivity index is 1.51. The van der Waals surface area contributed by atoms with Crippen LogP contribution in [-0.4, -0.2) is 21.0 Å². The molecule has 0 fully saturated rings. The first kappa shape index (κ1) is 17.1. The van der Waals surface area contributed by atoms with Crippen LogP contribution in [0.3, 0.4) is 0 Å². The molecule has 25 heavy (non-hydrogen) atoms. The fraction of sp³-hybridized carbons (Fsp3) is 0.294. The van der Waals surface area contributed by atoms with Gasteiger partial charge in [0.05, 0.1) is 12.1 Å². The van der Waals surface area contributed by atoms with E-state index in [0.717, 1.165) is 5.82 Å². The normalized spacial score (nSPS) is 10.8. The molecule has 3 rings (SSSR count). The zero-order valence-electron chi connectivity index (χ0n) is 14.0. The van der Waals surface area contributed by atoms with Gasteiger partial charge in [-0.15, -0.1) is 0 Å². The maximum atomic E-state index is 12.2. The van der Waals surface area contributed by atoms with Crippen LogP contribution in [-0.2, 0) is 13.1 Å². The minimum Gasteiger partial charge on any atom is -0.366 e. The van der Waals surface area contributed by atoms with E-state index in [2.05, 4.69) is 37.2 Å². The van der Waals surface area contributed by atoms with Crippen molar-refractivity contribution in [2.75, 3.05) is 5.32 Å². The van der Waals surface area contributed by atoms with Crippen LogP contribution in [0, 0.1) is 0 Å². The number of anilines is 1. The van der Waals surface area contributed by atoms with E-state index in [-0.39, 0.29) is 18.4 Å². The first-order chi connectivity index (χ1) is 12.1. The lowest BCUT2D eigenvalue weighted by molar-refractivity contribution is 0.0949. The molecule has 0 radical (unpaired) electrons. The second-order valence-corrected chi connectivity index (χ2v) is 6.58. The number of rotatable bonds is 7. The molecule has 1 amide bonds. The van der Waals surface area contributed by atoms with Gasteiger partial charge in [0.15, 0.2) is 5.82 Å². The summed E-state index contributed by atoms with van der Waals surface area (Å²) in [5.74, 6) is 1.68. The van der Waals surface area contributed by atoms with E-state index < -0.39 is 0 Å². The van der Waals surface area contributed by atoms with E-state index in [9.17, 15) is 4.79 Å². The molecule has 0 bridgehead atoms. The van der Waals surface area contributed by atoms with Crippen LogP contribution < -0.4 is 10.6 Å². The van der Waals surface area contributed by atoms with Crippen LogP contribution >= 0.6 is 11.3 Å². The highest BCUT2D eigenvalue weighted by atomic mass is 32.1. The van der Waals surface area contributed by atoms with Gasteiger partial charge in [-0.05, 0) is 34.5 Å². The third kappa shape index (κ3) is 4.63. The Bertz CT molecular complexity index is 812. The summed E-state index contributed by atoms with van der Waals surface area (Å²) in [7, 11) is 0. The number of amides is 1. The topological polar surface area (TPSA) is 92.9 Å². The summed E-state index contributed by atoms with van der Waals surface area (Å²) in [6.07, 6.45) is 1.54. The van der Waals surface area contributed by atoms with Crippen molar-refractivity contribution >= 4 is 23.1 Å². The van der Waals surface area contributed by atoms with E-state index in [1.807, 2.05) is 19.2 Å². The van der Waals surface area contributed by atoms with Gasteiger partial charge in [0.1, 0.15) is 5.82 Å². The van der Waals surface area contributed by atoms with Crippen LogP contribution in [0.25, 0.3) is 0 Å². The zero-order valence-corrected chi connectivity index (χ0v) is 14.8. The summed E-state index contributed by atoms with van der Waals surface area (Å²) < 4.78 is 5.11. The molecule has 0 spiro atoms. The van der Waals surface area contributed by atoms with Gasteiger partial charge in [0.25, 0.3) is 5.91 Å². The fourth-order valence-corrected chi connectivity index (χ4v) is 2.72. The number of nitrogens with zero attached hydrogens (tertiary/aromatic N) is 3. The van der Waals surface area contributed by atoms with Crippen molar-refractivity contribution in [1.29, 1.82) is 0 Å². The third-order valence-corrected chi connectivity index (χ3v) is 4.20. The molecule has 0 saturated heterocycles. The Kier molecular flexibility index (Phi) is 5.39. The first-order valence-electron chi connectivity index (χ1n) is 7.93. The highest BCUT2D eigenvalue weighted by Gasteiger charge is 2.12. The lowest BCUT2D eigenvalue weighted by Gasteiger charge is -2.06. The molecule has 7 nitrogen and oxygen atoms in total.